The van der Waals surface area contributed by atoms with Crippen LogP contribution < -0.4 is 0 Å². The average molecular weight is 443 g/mol. The molecular formula is C22H19BrO3S. The third kappa shape index (κ3) is 4.20. The van der Waals surface area contributed by atoms with E-state index in [4.69, 9.17) is 0 Å². The summed E-state index contributed by atoms with van der Waals surface area (Å²) in [6.45, 7) is 1.90. The molecule has 0 aromatic heterocycles. The number of alkyl halides is 1. The standard InChI is InChI=1S/C22H19BrO3S/c1-16-12-14-19(15-13-16)27(25,26)22(18-10-6-3-7-11-18)20(23)21(24)17-8-4-2-5-9-17/h2-15,20,22H,1H3/t20-,22+/m0/s1. The van der Waals surface area contributed by atoms with Crippen LogP contribution in [0.5, 0.6) is 0 Å². The molecule has 0 amide bonds. The van der Waals surface area contributed by atoms with E-state index in [1.54, 1.807) is 72.8 Å². The Kier molecular flexibility index (Phi) is 5.92. The fraction of sp³-hybridized carbons (Fsp3) is 0.136. The number of carbonyl (C=O) groups is 1. The zero-order valence-corrected chi connectivity index (χ0v) is 17.2. The van der Waals surface area contributed by atoms with Gasteiger partial charge in [-0.1, -0.05) is 94.3 Å². The van der Waals surface area contributed by atoms with E-state index < -0.39 is 19.9 Å². The van der Waals surface area contributed by atoms with Crippen LogP contribution in [-0.4, -0.2) is 19.0 Å². The summed E-state index contributed by atoms with van der Waals surface area (Å²) in [4.78, 5) is 12.3. The lowest BCUT2D eigenvalue weighted by Gasteiger charge is -2.23. The first kappa shape index (κ1) is 19.5. The van der Waals surface area contributed by atoms with Gasteiger partial charge in [0.25, 0.3) is 0 Å². The Morgan fingerprint density at radius 3 is 1.89 bits per heavy atom. The molecule has 2 atom stereocenters. The van der Waals surface area contributed by atoms with Crippen LogP contribution in [0.15, 0.2) is 89.8 Å². The Morgan fingerprint density at radius 2 is 1.33 bits per heavy atom. The number of hydrogen-bond acceptors (Lipinski definition) is 3. The third-order valence-corrected chi connectivity index (χ3v) is 7.82. The van der Waals surface area contributed by atoms with Crippen molar-refractivity contribution in [3.05, 3.63) is 102 Å². The number of Topliss-reactive ketones (excluding diaryl/α,β-unsaturated/α-hetero) is 1. The third-order valence-electron chi connectivity index (χ3n) is 4.39. The van der Waals surface area contributed by atoms with Gasteiger partial charge in [-0.15, -0.1) is 0 Å². The van der Waals surface area contributed by atoms with Gasteiger partial charge in [0.1, 0.15) is 5.25 Å². The van der Waals surface area contributed by atoms with Gasteiger partial charge in [-0.25, -0.2) is 8.42 Å². The van der Waals surface area contributed by atoms with Gasteiger partial charge in [-0.3, -0.25) is 4.79 Å². The first-order valence-electron chi connectivity index (χ1n) is 8.50. The van der Waals surface area contributed by atoms with Crippen molar-refractivity contribution < 1.29 is 13.2 Å². The number of sulfone groups is 1. The number of ketones is 1. The number of benzene rings is 3. The number of carbonyl (C=O) groups excluding carboxylic acids is 1. The van der Waals surface area contributed by atoms with Crippen molar-refractivity contribution in [1.82, 2.24) is 0 Å². The van der Waals surface area contributed by atoms with Crippen molar-refractivity contribution in [3.63, 3.8) is 0 Å². The van der Waals surface area contributed by atoms with Crippen LogP contribution in [0.2, 0.25) is 0 Å². The molecule has 3 nitrogen and oxygen atoms in total. The highest BCUT2D eigenvalue weighted by Crippen LogP contribution is 2.37. The van der Waals surface area contributed by atoms with Gasteiger partial charge < -0.3 is 0 Å². The smallest absolute Gasteiger partial charge is 0.186 e. The predicted molar refractivity (Wildman–Crippen MR) is 111 cm³/mol. The van der Waals surface area contributed by atoms with Crippen molar-refractivity contribution in [1.29, 1.82) is 0 Å². The summed E-state index contributed by atoms with van der Waals surface area (Å²) in [6, 6.07) is 24.3. The highest BCUT2D eigenvalue weighted by atomic mass is 79.9. The van der Waals surface area contributed by atoms with E-state index in [-0.39, 0.29) is 10.7 Å². The Balaban J connectivity index is 2.09. The number of halogens is 1. The zero-order chi connectivity index (χ0) is 19.4. The van der Waals surface area contributed by atoms with Crippen LogP contribution >= 0.6 is 15.9 Å². The molecule has 3 aromatic carbocycles. The van der Waals surface area contributed by atoms with E-state index in [1.807, 2.05) is 19.1 Å². The molecular weight excluding hydrogens is 424 g/mol. The molecule has 0 spiro atoms. The molecule has 0 aliphatic carbocycles. The fourth-order valence-electron chi connectivity index (χ4n) is 2.92. The highest BCUT2D eigenvalue weighted by Gasteiger charge is 2.38. The summed E-state index contributed by atoms with van der Waals surface area (Å²) in [6.07, 6.45) is 0. The number of hydrogen-bond donors (Lipinski definition) is 0. The van der Waals surface area contributed by atoms with Gasteiger partial charge in [-0.05, 0) is 24.6 Å². The Hall–Kier alpha value is -2.24. The molecule has 0 saturated carbocycles. The molecule has 5 heteroatoms. The van der Waals surface area contributed by atoms with E-state index in [0.29, 0.717) is 11.1 Å². The lowest BCUT2D eigenvalue weighted by molar-refractivity contribution is 0.0989. The molecule has 0 radical (unpaired) electrons. The summed E-state index contributed by atoms with van der Waals surface area (Å²) >= 11 is 3.40. The maximum absolute atomic E-state index is 13.4. The Labute approximate surface area is 168 Å². The monoisotopic (exact) mass is 442 g/mol. The van der Waals surface area contributed by atoms with Gasteiger partial charge in [0.2, 0.25) is 0 Å². The summed E-state index contributed by atoms with van der Waals surface area (Å²) in [5.74, 6) is -0.264. The molecule has 0 aliphatic rings. The van der Waals surface area contributed by atoms with E-state index in [1.165, 1.54) is 0 Å². The van der Waals surface area contributed by atoms with Crippen molar-refractivity contribution in [2.75, 3.05) is 0 Å². The van der Waals surface area contributed by atoms with E-state index in [9.17, 15) is 13.2 Å². The Morgan fingerprint density at radius 1 is 0.815 bits per heavy atom. The molecule has 27 heavy (non-hydrogen) atoms. The van der Waals surface area contributed by atoms with Crippen LogP contribution in [0.1, 0.15) is 26.7 Å². The van der Waals surface area contributed by atoms with E-state index >= 15 is 0 Å². The molecule has 3 aromatic rings. The van der Waals surface area contributed by atoms with Crippen molar-refractivity contribution in [2.45, 2.75) is 21.9 Å². The van der Waals surface area contributed by atoms with Crippen LogP contribution in [0.3, 0.4) is 0 Å². The van der Waals surface area contributed by atoms with E-state index in [0.717, 1.165) is 5.56 Å². The van der Waals surface area contributed by atoms with Crippen LogP contribution in [0.4, 0.5) is 0 Å². The second-order valence-electron chi connectivity index (χ2n) is 6.32. The molecule has 0 saturated heterocycles. The normalized spacial score (nSPS) is 13.7. The quantitative estimate of drug-likeness (QED) is 0.391. The van der Waals surface area contributed by atoms with Gasteiger partial charge in [0.05, 0.1) is 9.72 Å². The first-order chi connectivity index (χ1) is 12.9. The highest BCUT2D eigenvalue weighted by molar-refractivity contribution is 9.10. The van der Waals surface area contributed by atoms with Crippen molar-refractivity contribution in [2.24, 2.45) is 0 Å². The molecule has 0 N–H and O–H groups in total. The fourth-order valence-corrected chi connectivity index (χ4v) is 6.11. The maximum atomic E-state index is 13.4. The Bertz CT molecular complexity index is 1010. The minimum atomic E-state index is -3.79. The lowest BCUT2D eigenvalue weighted by atomic mass is 10.0. The molecule has 0 heterocycles. The second kappa shape index (κ2) is 8.19. The van der Waals surface area contributed by atoms with Crippen LogP contribution in [0.25, 0.3) is 0 Å². The van der Waals surface area contributed by atoms with Gasteiger partial charge in [0, 0.05) is 5.56 Å². The number of rotatable bonds is 6. The van der Waals surface area contributed by atoms with Gasteiger partial charge in [-0.2, -0.15) is 0 Å². The van der Waals surface area contributed by atoms with Crippen LogP contribution in [0, 0.1) is 6.92 Å². The first-order valence-corrected chi connectivity index (χ1v) is 11.0. The lowest BCUT2D eigenvalue weighted by Crippen LogP contribution is -2.29. The second-order valence-corrected chi connectivity index (χ2v) is 9.38. The summed E-state index contributed by atoms with van der Waals surface area (Å²) < 4.78 is 26.9. The topological polar surface area (TPSA) is 51.2 Å². The molecule has 3 rings (SSSR count). The summed E-state index contributed by atoms with van der Waals surface area (Å²) in [7, 11) is -3.79. The molecule has 138 valence electrons. The molecule has 0 unspecified atom stereocenters. The molecule has 0 aliphatic heterocycles. The largest absolute Gasteiger partial charge is 0.293 e. The van der Waals surface area contributed by atoms with Crippen LogP contribution in [-0.2, 0) is 9.84 Å². The molecule has 0 bridgehead atoms. The van der Waals surface area contributed by atoms with Gasteiger partial charge in [0.15, 0.2) is 15.6 Å². The number of aryl methyl sites for hydroxylation is 1. The minimum absolute atomic E-state index is 0.201. The summed E-state index contributed by atoms with van der Waals surface area (Å²) in [5, 5.41) is -1.03. The average Bonchev–Trinajstić information content (AvgIpc) is 2.69. The maximum Gasteiger partial charge on any atom is 0.186 e. The van der Waals surface area contributed by atoms with E-state index in [2.05, 4.69) is 15.9 Å². The van der Waals surface area contributed by atoms with Crippen molar-refractivity contribution >= 4 is 31.6 Å². The van der Waals surface area contributed by atoms with Crippen molar-refractivity contribution in [3.8, 4) is 0 Å². The predicted octanol–water partition coefficient (Wildman–Crippen LogP) is 5.16. The SMILES string of the molecule is Cc1ccc(S(=O)(=O)[C@H](c2ccccc2)[C@@H](Br)C(=O)c2ccccc2)cc1. The zero-order valence-electron chi connectivity index (χ0n) is 14.7. The van der Waals surface area contributed by atoms with Gasteiger partial charge >= 0.3 is 0 Å². The summed E-state index contributed by atoms with van der Waals surface area (Å²) in [5.41, 5.74) is 2.02. The molecule has 0 fully saturated rings. The minimum Gasteiger partial charge on any atom is -0.293 e.